The highest BCUT2D eigenvalue weighted by Crippen LogP contribution is 2.24. The van der Waals surface area contributed by atoms with Gasteiger partial charge in [0, 0.05) is 18.5 Å². The van der Waals surface area contributed by atoms with E-state index in [1.807, 2.05) is 0 Å². The number of nitrogens with zero attached hydrogens (tertiary/aromatic N) is 1. The predicted octanol–water partition coefficient (Wildman–Crippen LogP) is 0.146. The van der Waals surface area contributed by atoms with Crippen LogP contribution in [-0.4, -0.2) is 51.8 Å². The van der Waals surface area contributed by atoms with Crippen molar-refractivity contribution in [3.8, 4) is 0 Å². The third-order valence-electron chi connectivity index (χ3n) is 3.26. The number of rotatable bonds is 3. The largest absolute Gasteiger partial charge is 0.394 e. The van der Waals surface area contributed by atoms with E-state index in [1.54, 1.807) is 0 Å². The van der Waals surface area contributed by atoms with Crippen LogP contribution in [0.4, 0.5) is 4.39 Å². The van der Waals surface area contributed by atoms with Crippen LogP contribution in [0.15, 0.2) is 12.3 Å². The maximum atomic E-state index is 13.6. The summed E-state index contributed by atoms with van der Waals surface area (Å²) in [5, 5.41) is 28.8. The molecule has 19 heavy (non-hydrogen) atoms. The van der Waals surface area contributed by atoms with Gasteiger partial charge >= 0.3 is 0 Å². The van der Waals surface area contributed by atoms with E-state index in [2.05, 4.69) is 4.98 Å². The van der Waals surface area contributed by atoms with Gasteiger partial charge in [-0.2, -0.15) is 0 Å². The summed E-state index contributed by atoms with van der Waals surface area (Å²) >= 11 is 5.61. The molecule has 0 unspecified atom stereocenters. The smallest absolute Gasteiger partial charge is 0.146 e. The van der Waals surface area contributed by atoms with Gasteiger partial charge < -0.3 is 20.1 Å². The van der Waals surface area contributed by atoms with Gasteiger partial charge in [0.1, 0.15) is 18.0 Å². The van der Waals surface area contributed by atoms with Gasteiger partial charge in [0.25, 0.3) is 0 Å². The lowest BCUT2D eigenvalue weighted by molar-refractivity contribution is -0.174. The first-order chi connectivity index (χ1) is 9.02. The highest BCUT2D eigenvalue weighted by Gasteiger charge is 2.38. The lowest BCUT2D eigenvalue weighted by Gasteiger charge is -2.36. The van der Waals surface area contributed by atoms with Gasteiger partial charge in [-0.3, -0.25) is 4.98 Å². The van der Waals surface area contributed by atoms with Crippen molar-refractivity contribution in [2.75, 3.05) is 13.2 Å². The molecule has 0 aliphatic carbocycles. The quantitative estimate of drug-likeness (QED) is 0.738. The standard InChI is InChI=1S/C12H15ClFNO4/c13-7-2-8(14)9(15-3-7)1-6-5-19-10(4-16)12(18)11(6)17/h2-3,6,10-12,16-18H,1,4-5H2/t6-,10-,11-,12+/m1/s1. The van der Waals surface area contributed by atoms with Gasteiger partial charge in [0.15, 0.2) is 0 Å². The molecule has 1 aromatic rings. The summed E-state index contributed by atoms with van der Waals surface area (Å²) in [7, 11) is 0. The fraction of sp³-hybridized carbons (Fsp3) is 0.583. The third kappa shape index (κ3) is 3.21. The molecule has 1 aliphatic rings. The summed E-state index contributed by atoms with van der Waals surface area (Å²) in [5.41, 5.74) is 0.159. The zero-order valence-corrected chi connectivity index (χ0v) is 10.8. The van der Waals surface area contributed by atoms with E-state index in [0.29, 0.717) is 0 Å². The molecule has 1 aliphatic heterocycles. The Labute approximate surface area is 114 Å². The molecule has 4 atom stereocenters. The highest BCUT2D eigenvalue weighted by atomic mass is 35.5. The lowest BCUT2D eigenvalue weighted by atomic mass is 9.89. The third-order valence-corrected chi connectivity index (χ3v) is 3.46. The van der Waals surface area contributed by atoms with Gasteiger partial charge in [-0.1, -0.05) is 11.6 Å². The zero-order valence-electron chi connectivity index (χ0n) is 10.0. The van der Waals surface area contributed by atoms with Crippen LogP contribution >= 0.6 is 11.6 Å². The van der Waals surface area contributed by atoms with Gasteiger partial charge in [0.05, 0.1) is 30.0 Å². The number of pyridine rings is 1. The molecule has 106 valence electrons. The number of aliphatic hydroxyl groups is 3. The van der Waals surface area contributed by atoms with Crippen LogP contribution < -0.4 is 0 Å². The van der Waals surface area contributed by atoms with Crippen LogP contribution in [0.3, 0.4) is 0 Å². The maximum absolute atomic E-state index is 13.6. The number of hydrogen-bond donors (Lipinski definition) is 3. The Balaban J connectivity index is 2.07. The predicted molar refractivity (Wildman–Crippen MR) is 65.2 cm³/mol. The van der Waals surface area contributed by atoms with E-state index in [0.717, 1.165) is 6.07 Å². The van der Waals surface area contributed by atoms with Crippen LogP contribution in [0.5, 0.6) is 0 Å². The monoisotopic (exact) mass is 291 g/mol. The number of aromatic nitrogens is 1. The summed E-state index contributed by atoms with van der Waals surface area (Å²) in [4.78, 5) is 3.87. The van der Waals surface area contributed by atoms with Gasteiger partial charge in [-0.15, -0.1) is 0 Å². The molecule has 0 radical (unpaired) electrons. The minimum atomic E-state index is -1.20. The van der Waals surface area contributed by atoms with Crippen LogP contribution in [-0.2, 0) is 11.2 Å². The Morgan fingerprint density at radius 3 is 2.79 bits per heavy atom. The first-order valence-electron chi connectivity index (χ1n) is 5.91. The van der Waals surface area contributed by atoms with Crippen molar-refractivity contribution >= 4 is 11.6 Å². The molecule has 2 heterocycles. The first kappa shape index (κ1) is 14.6. The Hall–Kier alpha value is -0.790. The summed E-state index contributed by atoms with van der Waals surface area (Å²) in [6.07, 6.45) is -1.65. The van der Waals surface area contributed by atoms with E-state index in [1.165, 1.54) is 6.20 Å². The Bertz CT molecular complexity index is 448. The second kappa shape index (κ2) is 6.11. The number of aliphatic hydroxyl groups excluding tert-OH is 3. The number of halogens is 2. The minimum absolute atomic E-state index is 0.118. The summed E-state index contributed by atoms with van der Waals surface area (Å²) < 4.78 is 18.8. The Morgan fingerprint density at radius 2 is 2.16 bits per heavy atom. The fourth-order valence-corrected chi connectivity index (χ4v) is 2.27. The molecule has 3 N–H and O–H groups in total. The maximum Gasteiger partial charge on any atom is 0.146 e. The zero-order chi connectivity index (χ0) is 14.0. The molecule has 1 fully saturated rings. The highest BCUT2D eigenvalue weighted by molar-refractivity contribution is 6.30. The van der Waals surface area contributed by atoms with E-state index in [9.17, 15) is 14.6 Å². The van der Waals surface area contributed by atoms with Crippen molar-refractivity contribution in [3.63, 3.8) is 0 Å². The molecule has 1 aromatic heterocycles. The van der Waals surface area contributed by atoms with E-state index in [-0.39, 0.29) is 30.4 Å². The van der Waals surface area contributed by atoms with Gasteiger partial charge in [-0.25, -0.2) is 4.39 Å². The van der Waals surface area contributed by atoms with Crippen molar-refractivity contribution in [2.45, 2.75) is 24.7 Å². The molecule has 0 spiro atoms. The van der Waals surface area contributed by atoms with Crippen molar-refractivity contribution in [2.24, 2.45) is 5.92 Å². The minimum Gasteiger partial charge on any atom is -0.394 e. The average Bonchev–Trinajstić information content (AvgIpc) is 2.38. The second-order valence-electron chi connectivity index (χ2n) is 4.58. The van der Waals surface area contributed by atoms with Crippen molar-refractivity contribution in [1.29, 1.82) is 0 Å². The molecule has 5 nitrogen and oxygen atoms in total. The SMILES string of the molecule is OC[C@H]1OC[C@@H](Cc2ncc(Cl)cc2F)[C@@H](O)[C@H]1O. The van der Waals surface area contributed by atoms with Gasteiger partial charge in [0.2, 0.25) is 0 Å². The molecule has 2 rings (SSSR count). The van der Waals surface area contributed by atoms with Gasteiger partial charge in [-0.05, 0) is 6.07 Å². The first-order valence-corrected chi connectivity index (χ1v) is 6.29. The number of ether oxygens (including phenoxy) is 1. The summed E-state index contributed by atoms with van der Waals surface area (Å²) in [5.74, 6) is -1.04. The molecule has 1 saturated heterocycles. The van der Waals surface area contributed by atoms with Crippen LogP contribution in [0.25, 0.3) is 0 Å². The molecule has 0 saturated carbocycles. The Morgan fingerprint density at radius 1 is 1.42 bits per heavy atom. The molecular formula is C12H15ClFNO4. The summed E-state index contributed by atoms with van der Waals surface area (Å²) in [6, 6.07) is 1.15. The van der Waals surface area contributed by atoms with Crippen molar-refractivity contribution in [3.05, 3.63) is 28.8 Å². The van der Waals surface area contributed by atoms with E-state index in [4.69, 9.17) is 21.4 Å². The molecule has 0 aromatic carbocycles. The van der Waals surface area contributed by atoms with Crippen LogP contribution in [0, 0.1) is 11.7 Å². The Kier molecular flexibility index (Phi) is 4.70. The lowest BCUT2D eigenvalue weighted by Crippen LogP contribution is -2.52. The van der Waals surface area contributed by atoms with Crippen LogP contribution in [0.2, 0.25) is 5.02 Å². The topological polar surface area (TPSA) is 82.8 Å². The fourth-order valence-electron chi connectivity index (χ4n) is 2.12. The normalized spacial score (nSPS) is 31.4. The average molecular weight is 292 g/mol. The van der Waals surface area contributed by atoms with Crippen LogP contribution in [0.1, 0.15) is 5.69 Å². The summed E-state index contributed by atoms with van der Waals surface area (Å²) in [6.45, 7) is -0.258. The van der Waals surface area contributed by atoms with E-state index < -0.39 is 30.0 Å². The number of hydrogen-bond acceptors (Lipinski definition) is 5. The van der Waals surface area contributed by atoms with E-state index >= 15 is 0 Å². The van der Waals surface area contributed by atoms with Crippen molar-refractivity contribution in [1.82, 2.24) is 4.98 Å². The molecular weight excluding hydrogens is 277 g/mol. The molecule has 0 bridgehead atoms. The molecule has 7 heteroatoms. The molecule has 0 amide bonds. The van der Waals surface area contributed by atoms with Crippen molar-refractivity contribution < 1.29 is 24.4 Å². The second-order valence-corrected chi connectivity index (χ2v) is 5.02.